The molecule has 4 atom stereocenters. The molecule has 3 amide bonds. The fourth-order valence-corrected chi connectivity index (χ4v) is 12.3. The third-order valence-corrected chi connectivity index (χ3v) is 15.3. The number of aromatic nitrogens is 4. The molecule has 2 aliphatic rings. The van der Waals surface area contributed by atoms with Crippen molar-refractivity contribution >= 4 is 48.0 Å². The SMILES string of the molecule is CCN(CC)[C@@H](C(=O)N1C[Si](C)(C)C[C@H]1c1nc2ccc(-c3ccc(-c4ccc5[nH]c([C@@H]6CCCN6C(=O)[C@@H](NC(=O)OC)C(C)C)nc5c4)cc3)cc2[nH]1)c1ccccc1. The van der Waals surface area contributed by atoms with Crippen LogP contribution in [0.25, 0.3) is 44.3 Å². The number of benzene rings is 4. The second-order valence-corrected chi connectivity index (χ2v) is 22.8. The number of carbonyl (C=O) groups is 3. The summed E-state index contributed by atoms with van der Waals surface area (Å²) in [6.07, 6.45) is 1.84. The maximum atomic E-state index is 14.6. The van der Waals surface area contributed by atoms with Crippen molar-refractivity contribution in [3.05, 3.63) is 108 Å². The number of ether oxygens (including phenoxy) is 1. The average Bonchev–Trinajstić information content (AvgIpc) is 4.08. The molecular weight excluding hydrogens is 781 g/mol. The zero-order valence-electron chi connectivity index (χ0n) is 36.4. The minimum atomic E-state index is -1.71. The van der Waals surface area contributed by atoms with E-state index >= 15 is 0 Å². The van der Waals surface area contributed by atoms with Crippen molar-refractivity contribution in [1.29, 1.82) is 0 Å². The molecule has 2 fully saturated rings. The lowest BCUT2D eigenvalue weighted by molar-refractivity contribution is -0.138. The van der Waals surface area contributed by atoms with Crippen LogP contribution in [0.1, 0.15) is 75.9 Å². The van der Waals surface area contributed by atoms with Gasteiger partial charge in [-0.1, -0.05) is 108 Å². The van der Waals surface area contributed by atoms with Crippen LogP contribution in [0.15, 0.2) is 91.0 Å². The number of imidazole rings is 2. The molecule has 0 bridgehead atoms. The van der Waals surface area contributed by atoms with Crippen molar-refractivity contribution in [3.8, 4) is 22.3 Å². The maximum absolute atomic E-state index is 14.6. The summed E-state index contributed by atoms with van der Waals surface area (Å²) >= 11 is 0. The lowest BCUT2D eigenvalue weighted by atomic mass is 10.00. The zero-order valence-corrected chi connectivity index (χ0v) is 37.4. The number of H-pyrrole nitrogens is 2. The van der Waals surface area contributed by atoms with Gasteiger partial charge in [0.15, 0.2) is 0 Å². The molecule has 0 saturated carbocycles. The Morgan fingerprint density at radius 3 is 2.08 bits per heavy atom. The number of alkyl carbamates (subject to hydrolysis) is 1. The number of aromatic amines is 2. The monoisotopic (exact) mass is 838 g/mol. The minimum Gasteiger partial charge on any atom is -0.453 e. The summed E-state index contributed by atoms with van der Waals surface area (Å²) in [6, 6.07) is 31.0. The van der Waals surface area contributed by atoms with Crippen LogP contribution in [0.4, 0.5) is 4.79 Å². The number of likely N-dealkylation sites (tertiary alicyclic amines) is 1. The number of rotatable bonds is 12. The third-order valence-electron chi connectivity index (χ3n) is 12.6. The van der Waals surface area contributed by atoms with E-state index in [1.165, 1.54) is 7.11 Å². The van der Waals surface area contributed by atoms with E-state index in [-0.39, 0.29) is 35.9 Å². The summed E-state index contributed by atoms with van der Waals surface area (Å²) < 4.78 is 4.79. The van der Waals surface area contributed by atoms with Gasteiger partial charge in [0, 0.05) is 12.7 Å². The van der Waals surface area contributed by atoms with E-state index in [4.69, 9.17) is 14.7 Å². The van der Waals surface area contributed by atoms with E-state index in [2.05, 4.69) is 119 Å². The number of fused-ring (bicyclic) bond motifs is 2. The molecule has 6 aromatic rings. The minimum absolute atomic E-state index is 0.0961. The fraction of sp³-hybridized carbons (Fsp3) is 0.396. The van der Waals surface area contributed by atoms with E-state index in [1.54, 1.807) is 0 Å². The number of amides is 3. The Kier molecular flexibility index (Phi) is 11.9. The second kappa shape index (κ2) is 17.3. The van der Waals surface area contributed by atoms with Crippen molar-refractivity contribution in [1.82, 2.24) is 40.0 Å². The highest BCUT2D eigenvalue weighted by atomic mass is 28.3. The number of nitrogens with one attached hydrogen (secondary N) is 3. The molecule has 4 heterocycles. The Hall–Kier alpha value is -5.79. The van der Waals surface area contributed by atoms with Crippen LogP contribution in [0.5, 0.6) is 0 Å². The molecule has 61 heavy (non-hydrogen) atoms. The number of nitrogens with zero attached hydrogens (tertiary/aromatic N) is 5. The van der Waals surface area contributed by atoms with E-state index < -0.39 is 20.2 Å². The van der Waals surface area contributed by atoms with Crippen LogP contribution in [0, 0.1) is 5.92 Å². The smallest absolute Gasteiger partial charge is 0.407 e. The van der Waals surface area contributed by atoms with Crippen LogP contribution in [0.2, 0.25) is 19.1 Å². The molecule has 0 spiro atoms. The number of hydrogen-bond acceptors (Lipinski definition) is 7. The molecule has 13 heteroatoms. The molecule has 12 nitrogen and oxygen atoms in total. The van der Waals surface area contributed by atoms with E-state index in [9.17, 15) is 14.4 Å². The molecule has 318 valence electrons. The number of likely N-dealkylation sites (N-methyl/N-ethyl adjacent to an activating group) is 1. The zero-order chi connectivity index (χ0) is 43.0. The summed E-state index contributed by atoms with van der Waals surface area (Å²) in [5, 5.41) is 2.72. The number of hydrogen-bond donors (Lipinski definition) is 3. The Balaban J connectivity index is 1.00. The standard InChI is InChI=1S/C48H58N8O4Si/c1-8-54(9-2)43(33-14-11-10-12-15-33)47(58)56-29-61(6,7)28-41(56)45-50-37-24-22-35(27-39(37)52-45)32-19-17-31(18-20-32)34-21-23-36-38(26-34)51-44(49-36)40-16-13-25-55(40)46(57)42(30(3)4)53-48(59)60-5/h10-12,14-15,17-24,26-27,30,40-43H,8-9,13,16,25,28-29H2,1-7H3,(H,49,51)(H,50,52)(H,53,59)/t40-,41-,42-,43+/m0/s1. The summed E-state index contributed by atoms with van der Waals surface area (Å²) in [7, 11) is -0.407. The molecule has 2 saturated heterocycles. The Bertz CT molecular complexity index is 2530. The molecule has 0 radical (unpaired) electrons. The van der Waals surface area contributed by atoms with Gasteiger partial charge in [-0.05, 0) is 90.0 Å². The average molecular weight is 839 g/mol. The first-order valence-corrected chi connectivity index (χ1v) is 25.1. The van der Waals surface area contributed by atoms with Crippen molar-refractivity contribution in [3.63, 3.8) is 0 Å². The highest BCUT2D eigenvalue weighted by molar-refractivity contribution is 6.78. The molecular formula is C48H58N8O4Si. The highest BCUT2D eigenvalue weighted by Crippen LogP contribution is 2.41. The normalized spacial score (nSPS) is 18.6. The van der Waals surface area contributed by atoms with Gasteiger partial charge in [-0.3, -0.25) is 14.5 Å². The molecule has 0 aliphatic carbocycles. The number of methoxy groups -OCH3 is 1. The number of carbonyl (C=O) groups excluding carboxylic acids is 3. The first-order chi connectivity index (χ1) is 29.4. The second-order valence-electron chi connectivity index (χ2n) is 17.7. The van der Waals surface area contributed by atoms with Crippen molar-refractivity contribution in [2.75, 3.05) is 32.9 Å². The van der Waals surface area contributed by atoms with E-state index in [0.717, 1.165) is 99.7 Å². The quantitative estimate of drug-likeness (QED) is 0.105. The highest BCUT2D eigenvalue weighted by Gasteiger charge is 2.46. The van der Waals surface area contributed by atoms with Crippen molar-refractivity contribution in [2.45, 2.75) is 83.8 Å². The van der Waals surface area contributed by atoms with Gasteiger partial charge in [0.05, 0.1) is 49.3 Å². The van der Waals surface area contributed by atoms with Crippen LogP contribution in [-0.2, 0) is 14.3 Å². The maximum Gasteiger partial charge on any atom is 0.407 e. The van der Waals surface area contributed by atoms with E-state index in [1.807, 2.05) is 43.0 Å². The van der Waals surface area contributed by atoms with Gasteiger partial charge in [-0.2, -0.15) is 0 Å². The van der Waals surface area contributed by atoms with Crippen LogP contribution in [-0.4, -0.2) is 99.6 Å². The lowest BCUT2D eigenvalue weighted by Crippen LogP contribution is -2.51. The van der Waals surface area contributed by atoms with Gasteiger partial charge in [0.25, 0.3) is 0 Å². The summed E-state index contributed by atoms with van der Waals surface area (Å²) in [6.45, 7) is 15.0. The summed E-state index contributed by atoms with van der Waals surface area (Å²) in [5.41, 5.74) is 8.92. The molecule has 3 N–H and O–H groups in total. The predicted molar refractivity (Wildman–Crippen MR) is 243 cm³/mol. The van der Waals surface area contributed by atoms with Crippen LogP contribution >= 0.6 is 0 Å². The first-order valence-electron chi connectivity index (χ1n) is 21.7. The van der Waals surface area contributed by atoms with Crippen molar-refractivity contribution in [2.24, 2.45) is 5.92 Å². The van der Waals surface area contributed by atoms with E-state index in [0.29, 0.717) is 6.54 Å². The fourth-order valence-electron chi connectivity index (χ4n) is 9.41. The molecule has 8 rings (SSSR count). The molecule has 4 aromatic carbocycles. The van der Waals surface area contributed by atoms with Crippen LogP contribution < -0.4 is 5.32 Å². The van der Waals surface area contributed by atoms with Gasteiger partial charge in [0.1, 0.15) is 23.7 Å². The third kappa shape index (κ3) is 8.45. The van der Waals surface area contributed by atoms with Gasteiger partial charge < -0.3 is 29.8 Å². The summed E-state index contributed by atoms with van der Waals surface area (Å²) in [4.78, 5) is 63.8. The van der Waals surface area contributed by atoms with Gasteiger partial charge in [0.2, 0.25) is 11.8 Å². The van der Waals surface area contributed by atoms with Gasteiger partial charge >= 0.3 is 6.09 Å². The Morgan fingerprint density at radius 2 is 1.41 bits per heavy atom. The van der Waals surface area contributed by atoms with Crippen molar-refractivity contribution < 1.29 is 19.1 Å². The topological polar surface area (TPSA) is 140 Å². The lowest BCUT2D eigenvalue weighted by Gasteiger charge is -2.34. The molecule has 2 aromatic heterocycles. The Morgan fingerprint density at radius 1 is 0.787 bits per heavy atom. The largest absolute Gasteiger partial charge is 0.453 e. The first kappa shape index (κ1) is 41.9. The predicted octanol–water partition coefficient (Wildman–Crippen LogP) is 9.03. The Labute approximate surface area is 359 Å². The molecule has 2 aliphatic heterocycles. The van der Waals surface area contributed by atoms with Gasteiger partial charge in [-0.25, -0.2) is 14.8 Å². The van der Waals surface area contributed by atoms with Crippen LogP contribution in [0.3, 0.4) is 0 Å². The van der Waals surface area contributed by atoms with Gasteiger partial charge in [-0.15, -0.1) is 0 Å². The summed E-state index contributed by atoms with van der Waals surface area (Å²) in [5.74, 6) is 1.54. The molecule has 0 unspecified atom stereocenters.